The minimum Gasteiger partial charge on any atom is -0.463 e. The molecular formula is C16H14F7N5O. The minimum atomic E-state index is -4.68. The van der Waals surface area contributed by atoms with Gasteiger partial charge in [0.1, 0.15) is 0 Å². The molecule has 0 aromatic carbocycles. The first-order valence-corrected chi connectivity index (χ1v) is 7.94. The third-order valence-corrected chi connectivity index (χ3v) is 3.37. The second-order valence-electron chi connectivity index (χ2n) is 5.74. The lowest BCUT2D eigenvalue weighted by Gasteiger charge is -2.17. The van der Waals surface area contributed by atoms with Crippen LogP contribution in [0.1, 0.15) is 19.0 Å². The van der Waals surface area contributed by atoms with Crippen LogP contribution in [0.2, 0.25) is 0 Å². The Morgan fingerprint density at radius 3 is 2.41 bits per heavy atom. The number of alkyl halides is 6. The van der Waals surface area contributed by atoms with Crippen molar-refractivity contribution in [3.63, 3.8) is 0 Å². The third-order valence-electron chi connectivity index (χ3n) is 3.37. The van der Waals surface area contributed by atoms with Gasteiger partial charge in [-0.15, -0.1) is 0 Å². The quantitative estimate of drug-likeness (QED) is 0.414. The zero-order valence-corrected chi connectivity index (χ0v) is 14.9. The van der Waals surface area contributed by atoms with E-state index in [1.54, 1.807) is 0 Å². The van der Waals surface area contributed by atoms with Crippen molar-refractivity contribution in [3.8, 4) is 17.1 Å². The number of nitrogens with zero attached hydrogens (tertiary/aromatic N) is 4. The van der Waals surface area contributed by atoms with E-state index in [0.29, 0.717) is 13.1 Å². The molecule has 2 aromatic rings. The summed E-state index contributed by atoms with van der Waals surface area (Å²) < 4.78 is 92.1. The van der Waals surface area contributed by atoms with Gasteiger partial charge in [-0.25, -0.2) is 14.4 Å². The van der Waals surface area contributed by atoms with Crippen LogP contribution in [0.5, 0.6) is 5.88 Å². The van der Waals surface area contributed by atoms with E-state index < -0.39 is 36.6 Å². The van der Waals surface area contributed by atoms with Gasteiger partial charge in [-0.2, -0.15) is 31.4 Å². The molecule has 1 atom stereocenters. The molecule has 0 saturated carbocycles. The Kier molecular flexibility index (Phi) is 6.59. The van der Waals surface area contributed by atoms with Crippen molar-refractivity contribution in [3.05, 3.63) is 30.0 Å². The molecule has 0 bridgehead atoms. The van der Waals surface area contributed by atoms with Gasteiger partial charge in [-0.1, -0.05) is 0 Å². The van der Waals surface area contributed by atoms with E-state index in [-0.39, 0.29) is 22.8 Å². The molecule has 0 spiro atoms. The Bertz CT molecular complexity index is 883. The maximum absolute atomic E-state index is 14.1. The molecule has 2 aromatic heterocycles. The first kappa shape index (κ1) is 22.3. The topological polar surface area (TPSA) is 72.3 Å². The molecule has 0 aliphatic carbocycles. The summed E-state index contributed by atoms with van der Waals surface area (Å²) in [5.74, 6) is -1.91. The van der Waals surface area contributed by atoms with Crippen molar-refractivity contribution in [1.82, 2.24) is 15.0 Å². The monoisotopic (exact) mass is 425 g/mol. The molecule has 0 fully saturated rings. The van der Waals surface area contributed by atoms with Gasteiger partial charge in [0, 0.05) is 18.0 Å². The molecule has 6 nitrogen and oxygen atoms in total. The molecule has 2 heterocycles. The predicted molar refractivity (Wildman–Crippen MR) is 88.9 cm³/mol. The average Bonchev–Trinajstić information content (AvgIpc) is 2.59. The van der Waals surface area contributed by atoms with Gasteiger partial charge in [0.2, 0.25) is 0 Å². The fourth-order valence-corrected chi connectivity index (χ4v) is 1.96. The van der Waals surface area contributed by atoms with Gasteiger partial charge < -0.3 is 4.74 Å². The van der Waals surface area contributed by atoms with Gasteiger partial charge in [-0.05, 0) is 19.9 Å². The lowest BCUT2D eigenvalue weighted by atomic mass is 10.1. The molecule has 158 valence electrons. The Balaban J connectivity index is 2.13. The number of anilines is 1. The Morgan fingerprint density at radius 2 is 1.86 bits per heavy atom. The third kappa shape index (κ3) is 6.54. The van der Waals surface area contributed by atoms with Crippen LogP contribution in [0.25, 0.3) is 11.3 Å². The van der Waals surface area contributed by atoms with Gasteiger partial charge in [-0.3, -0.25) is 10.4 Å². The van der Waals surface area contributed by atoms with E-state index in [0.717, 1.165) is 18.5 Å². The molecule has 29 heavy (non-hydrogen) atoms. The average molecular weight is 425 g/mol. The van der Waals surface area contributed by atoms with Crippen LogP contribution in [0.15, 0.2) is 23.6 Å². The van der Waals surface area contributed by atoms with Crippen LogP contribution in [0.4, 0.5) is 36.6 Å². The zero-order valence-electron chi connectivity index (χ0n) is 14.9. The molecule has 13 heteroatoms. The van der Waals surface area contributed by atoms with Crippen molar-refractivity contribution in [1.29, 1.82) is 0 Å². The molecule has 0 unspecified atom stereocenters. The Labute approximate surface area is 159 Å². The lowest BCUT2D eigenvalue weighted by molar-refractivity contribution is -0.190. The first-order valence-electron chi connectivity index (χ1n) is 7.94. The van der Waals surface area contributed by atoms with Crippen LogP contribution in [0.3, 0.4) is 0 Å². The van der Waals surface area contributed by atoms with Crippen LogP contribution >= 0.6 is 0 Å². The molecular weight excluding hydrogens is 411 g/mol. The van der Waals surface area contributed by atoms with Crippen LogP contribution in [-0.2, 0) is 0 Å². The number of ether oxygens (including phenoxy) is 1. The molecule has 0 aliphatic heterocycles. The van der Waals surface area contributed by atoms with Gasteiger partial charge in [0.05, 0.1) is 24.0 Å². The molecule has 0 saturated heterocycles. The number of hydrogen-bond donors (Lipinski definition) is 1. The highest BCUT2D eigenvalue weighted by Crippen LogP contribution is 2.28. The number of nitrogens with one attached hydrogen (secondary N) is 1. The van der Waals surface area contributed by atoms with E-state index >= 15 is 0 Å². The summed E-state index contributed by atoms with van der Waals surface area (Å²) in [6.45, 7) is 2.20. The van der Waals surface area contributed by atoms with Crippen LogP contribution in [0, 0.1) is 12.7 Å². The maximum Gasteiger partial charge on any atom is 0.425 e. The second-order valence-corrected chi connectivity index (χ2v) is 5.74. The van der Waals surface area contributed by atoms with Crippen LogP contribution in [-0.4, -0.2) is 39.6 Å². The van der Waals surface area contributed by atoms with Gasteiger partial charge >= 0.3 is 12.4 Å². The largest absolute Gasteiger partial charge is 0.463 e. The number of halogens is 7. The summed E-state index contributed by atoms with van der Waals surface area (Å²) in [5.41, 5.74) is 2.80. The maximum atomic E-state index is 14.1. The predicted octanol–water partition coefficient (Wildman–Crippen LogP) is 4.67. The summed E-state index contributed by atoms with van der Waals surface area (Å²) in [7, 11) is 0. The van der Waals surface area contributed by atoms with Crippen LogP contribution < -0.4 is 10.2 Å². The van der Waals surface area contributed by atoms with E-state index in [1.807, 2.05) is 0 Å². The Morgan fingerprint density at radius 1 is 1.17 bits per heavy atom. The smallest absolute Gasteiger partial charge is 0.425 e. The number of pyridine rings is 1. The van der Waals surface area contributed by atoms with Gasteiger partial charge in [0.15, 0.2) is 17.7 Å². The van der Waals surface area contributed by atoms with Crippen molar-refractivity contribution in [2.45, 2.75) is 38.7 Å². The number of aromatic nitrogens is 3. The molecule has 0 amide bonds. The Hall–Kier alpha value is -2.99. The van der Waals surface area contributed by atoms with Gasteiger partial charge in [0.25, 0.3) is 5.88 Å². The fraction of sp³-hybridized carbons (Fsp3) is 0.375. The van der Waals surface area contributed by atoms with E-state index in [9.17, 15) is 30.7 Å². The summed E-state index contributed by atoms with van der Waals surface area (Å²) in [4.78, 5) is 11.6. The van der Waals surface area contributed by atoms with E-state index in [2.05, 4.69) is 30.2 Å². The fourth-order valence-electron chi connectivity index (χ4n) is 1.96. The summed E-state index contributed by atoms with van der Waals surface area (Å²) in [5, 5.41) is 3.37. The first-order chi connectivity index (χ1) is 13.4. The highest BCUT2D eigenvalue weighted by Gasteiger charge is 2.38. The van der Waals surface area contributed by atoms with Crippen molar-refractivity contribution >= 4 is 12.0 Å². The molecule has 0 radical (unpaired) electrons. The van der Waals surface area contributed by atoms with E-state index in [1.165, 1.54) is 6.92 Å². The molecule has 2 rings (SSSR count). The lowest BCUT2D eigenvalue weighted by Crippen LogP contribution is -2.31. The summed E-state index contributed by atoms with van der Waals surface area (Å²) in [6, 6.07) is 0.886. The standard InChI is InChI=1S/C16H14F7N5O/c1-8-13(24-7-12(27-8)28-26-4-3-15(18,19)20)10-5-11(17)14(25-6-10)29-9(2)16(21,22)23/h4-7,9H,3H2,1-2H3,(H,27,28)/b26-4-/t9-/m1/s1. The van der Waals surface area contributed by atoms with Crippen molar-refractivity contribution in [2.75, 3.05) is 5.43 Å². The zero-order chi connectivity index (χ0) is 21.8. The normalized spacial score (nSPS) is 13.6. The summed E-state index contributed by atoms with van der Waals surface area (Å²) in [6.07, 6.45) is -9.72. The van der Waals surface area contributed by atoms with Crippen molar-refractivity contribution < 1.29 is 35.5 Å². The highest BCUT2D eigenvalue weighted by molar-refractivity contribution is 5.63. The minimum absolute atomic E-state index is 0.0389. The van der Waals surface area contributed by atoms with E-state index in [4.69, 9.17) is 0 Å². The van der Waals surface area contributed by atoms with Crippen molar-refractivity contribution in [2.24, 2.45) is 5.10 Å². The summed E-state index contributed by atoms with van der Waals surface area (Å²) >= 11 is 0. The number of hydrogen-bond acceptors (Lipinski definition) is 6. The molecule has 0 aliphatic rings. The highest BCUT2D eigenvalue weighted by atomic mass is 19.4. The SMILES string of the molecule is Cc1nc(N/N=C\CC(F)(F)F)cnc1-c1cnc(O[C@H](C)C(F)(F)F)c(F)c1. The second kappa shape index (κ2) is 8.57. The molecule has 1 N–H and O–H groups in total. The number of aryl methyl sites for hydroxylation is 1. The number of rotatable bonds is 6. The number of hydrazone groups is 1.